The first-order valence-corrected chi connectivity index (χ1v) is 8.71. The van der Waals surface area contributed by atoms with Gasteiger partial charge in [0.05, 0.1) is 6.61 Å². The van der Waals surface area contributed by atoms with Crippen molar-refractivity contribution in [2.75, 3.05) is 13.2 Å². The Bertz CT molecular complexity index is 910. The minimum Gasteiger partial charge on any atom is -0.490 e. The lowest BCUT2D eigenvalue weighted by Crippen LogP contribution is -2.05. The Hall–Kier alpha value is -3.34. The Labute approximate surface area is 158 Å². The number of esters is 1. The summed E-state index contributed by atoms with van der Waals surface area (Å²) in [5, 5.41) is 0. The van der Waals surface area contributed by atoms with E-state index < -0.39 is 5.97 Å². The third-order valence-electron chi connectivity index (χ3n) is 3.85. The van der Waals surface area contributed by atoms with Crippen LogP contribution in [-0.2, 0) is 9.53 Å². The molecule has 5 heteroatoms. The van der Waals surface area contributed by atoms with Gasteiger partial charge in [0.25, 0.3) is 0 Å². The van der Waals surface area contributed by atoms with Crippen LogP contribution < -0.4 is 9.47 Å². The van der Waals surface area contributed by atoms with E-state index in [9.17, 15) is 4.79 Å². The van der Waals surface area contributed by atoms with E-state index >= 15 is 0 Å². The lowest BCUT2D eigenvalue weighted by Gasteiger charge is -2.11. The molecule has 2 aromatic carbocycles. The summed E-state index contributed by atoms with van der Waals surface area (Å²) >= 11 is 0. The van der Waals surface area contributed by atoms with Gasteiger partial charge >= 0.3 is 5.97 Å². The number of aliphatic imine (C=N–C) groups is 1. The van der Waals surface area contributed by atoms with Gasteiger partial charge in [-0.15, -0.1) is 0 Å². The topological polar surface area (TPSA) is 57.1 Å². The Morgan fingerprint density at radius 1 is 1.11 bits per heavy atom. The number of benzene rings is 2. The zero-order chi connectivity index (χ0) is 19.2. The van der Waals surface area contributed by atoms with Crippen LogP contribution >= 0.6 is 0 Å². The SMILES string of the molecule is C=CCOc1ccc(/C=C2/N=C(c3ccc(C)cc3)OC2=O)cc1OCC. The molecule has 3 rings (SSSR count). The monoisotopic (exact) mass is 363 g/mol. The Balaban J connectivity index is 1.88. The number of carbonyl (C=O) groups excluding carboxylic acids is 1. The summed E-state index contributed by atoms with van der Waals surface area (Å²) in [6.45, 7) is 8.42. The van der Waals surface area contributed by atoms with Gasteiger partial charge in [0.1, 0.15) is 6.61 Å². The second-order valence-electron chi connectivity index (χ2n) is 5.94. The van der Waals surface area contributed by atoms with Gasteiger partial charge < -0.3 is 14.2 Å². The fourth-order valence-electron chi connectivity index (χ4n) is 2.54. The molecule has 0 aliphatic carbocycles. The molecule has 0 saturated heterocycles. The Kier molecular flexibility index (Phi) is 5.71. The number of rotatable bonds is 7. The maximum atomic E-state index is 12.2. The zero-order valence-electron chi connectivity index (χ0n) is 15.4. The summed E-state index contributed by atoms with van der Waals surface area (Å²) < 4.78 is 16.5. The standard InChI is InChI=1S/C22H21NO4/c1-4-12-26-19-11-8-16(14-20(19)25-5-2)13-18-22(24)27-21(23-18)17-9-6-15(3)7-10-17/h4,6-11,13-14H,1,5,12H2,2-3H3/b18-13+. The molecular weight excluding hydrogens is 342 g/mol. The third kappa shape index (κ3) is 4.44. The highest BCUT2D eigenvalue weighted by Crippen LogP contribution is 2.30. The number of nitrogens with zero attached hydrogens (tertiary/aromatic N) is 1. The predicted octanol–water partition coefficient (Wildman–Crippen LogP) is 4.30. The van der Waals surface area contributed by atoms with E-state index in [1.165, 1.54) is 0 Å². The van der Waals surface area contributed by atoms with Gasteiger partial charge in [-0.05, 0) is 49.8 Å². The molecule has 0 amide bonds. The molecule has 2 aromatic rings. The molecule has 1 heterocycles. The van der Waals surface area contributed by atoms with Crippen LogP contribution in [0.5, 0.6) is 11.5 Å². The number of ether oxygens (including phenoxy) is 3. The van der Waals surface area contributed by atoms with E-state index in [4.69, 9.17) is 14.2 Å². The van der Waals surface area contributed by atoms with E-state index in [1.807, 2.05) is 50.2 Å². The number of cyclic esters (lactones) is 1. The summed E-state index contributed by atoms with van der Waals surface area (Å²) in [6.07, 6.45) is 3.34. The van der Waals surface area contributed by atoms with Crippen molar-refractivity contribution in [2.45, 2.75) is 13.8 Å². The van der Waals surface area contributed by atoms with Gasteiger partial charge in [-0.25, -0.2) is 9.79 Å². The van der Waals surface area contributed by atoms with Gasteiger partial charge in [-0.2, -0.15) is 0 Å². The molecule has 5 nitrogen and oxygen atoms in total. The molecule has 0 N–H and O–H groups in total. The maximum absolute atomic E-state index is 12.2. The smallest absolute Gasteiger partial charge is 0.363 e. The van der Waals surface area contributed by atoms with E-state index in [0.29, 0.717) is 30.6 Å². The highest BCUT2D eigenvalue weighted by Gasteiger charge is 2.24. The van der Waals surface area contributed by atoms with Crippen LogP contribution in [-0.4, -0.2) is 25.1 Å². The second kappa shape index (κ2) is 8.36. The lowest BCUT2D eigenvalue weighted by atomic mass is 10.1. The van der Waals surface area contributed by atoms with Crippen LogP contribution in [0.4, 0.5) is 0 Å². The van der Waals surface area contributed by atoms with Crippen molar-refractivity contribution in [1.82, 2.24) is 0 Å². The Morgan fingerprint density at radius 2 is 1.89 bits per heavy atom. The minimum atomic E-state index is -0.476. The minimum absolute atomic E-state index is 0.243. The van der Waals surface area contributed by atoms with Crippen LogP contribution in [0.15, 0.2) is 65.8 Å². The van der Waals surface area contributed by atoms with Gasteiger partial charge in [0, 0.05) is 5.56 Å². The van der Waals surface area contributed by atoms with Crippen LogP contribution in [0, 0.1) is 6.92 Å². The first-order valence-electron chi connectivity index (χ1n) is 8.71. The van der Waals surface area contributed by atoms with E-state index in [0.717, 1.165) is 16.7 Å². The number of aryl methyl sites for hydroxylation is 1. The summed E-state index contributed by atoms with van der Waals surface area (Å²) in [6, 6.07) is 13.1. The number of hydrogen-bond donors (Lipinski definition) is 0. The molecule has 0 atom stereocenters. The van der Waals surface area contributed by atoms with Gasteiger partial charge in [0.15, 0.2) is 17.2 Å². The molecule has 0 bridgehead atoms. The molecule has 1 aliphatic rings. The summed E-state index contributed by atoms with van der Waals surface area (Å²) in [4.78, 5) is 16.5. The first kappa shape index (κ1) is 18.5. The molecule has 0 unspecified atom stereocenters. The third-order valence-corrected chi connectivity index (χ3v) is 3.85. The molecule has 138 valence electrons. The average Bonchev–Trinajstić information content (AvgIpc) is 3.02. The number of carbonyl (C=O) groups is 1. The quantitative estimate of drug-likeness (QED) is 0.418. The van der Waals surface area contributed by atoms with Crippen molar-refractivity contribution >= 4 is 17.9 Å². The molecule has 27 heavy (non-hydrogen) atoms. The lowest BCUT2D eigenvalue weighted by molar-refractivity contribution is -0.129. The van der Waals surface area contributed by atoms with Crippen LogP contribution in [0.25, 0.3) is 6.08 Å². The highest BCUT2D eigenvalue weighted by molar-refractivity contribution is 6.12. The fourth-order valence-corrected chi connectivity index (χ4v) is 2.54. The van der Waals surface area contributed by atoms with Crippen molar-refractivity contribution in [3.8, 4) is 11.5 Å². The van der Waals surface area contributed by atoms with Crippen molar-refractivity contribution in [2.24, 2.45) is 4.99 Å². The highest BCUT2D eigenvalue weighted by atomic mass is 16.6. The summed E-state index contributed by atoms with van der Waals surface area (Å²) in [5.41, 5.74) is 2.90. The van der Waals surface area contributed by atoms with Crippen molar-refractivity contribution in [3.63, 3.8) is 0 Å². The summed E-state index contributed by atoms with van der Waals surface area (Å²) in [5.74, 6) is 1.05. The predicted molar refractivity (Wildman–Crippen MR) is 105 cm³/mol. The normalized spacial score (nSPS) is 14.7. The van der Waals surface area contributed by atoms with E-state index in [1.54, 1.807) is 18.2 Å². The van der Waals surface area contributed by atoms with Crippen molar-refractivity contribution in [3.05, 3.63) is 77.5 Å². The molecule has 0 radical (unpaired) electrons. The van der Waals surface area contributed by atoms with Crippen LogP contribution in [0.2, 0.25) is 0 Å². The summed E-state index contributed by atoms with van der Waals surface area (Å²) in [7, 11) is 0. The van der Waals surface area contributed by atoms with Gasteiger partial charge in [-0.3, -0.25) is 0 Å². The number of hydrogen-bond acceptors (Lipinski definition) is 5. The maximum Gasteiger partial charge on any atom is 0.363 e. The van der Waals surface area contributed by atoms with E-state index in [-0.39, 0.29) is 5.70 Å². The molecule has 0 aromatic heterocycles. The zero-order valence-corrected chi connectivity index (χ0v) is 15.4. The molecular formula is C22H21NO4. The van der Waals surface area contributed by atoms with Gasteiger partial charge in [0.2, 0.25) is 5.90 Å². The van der Waals surface area contributed by atoms with Crippen LogP contribution in [0.3, 0.4) is 0 Å². The van der Waals surface area contributed by atoms with Crippen molar-refractivity contribution < 1.29 is 19.0 Å². The average molecular weight is 363 g/mol. The first-order chi connectivity index (χ1) is 13.1. The van der Waals surface area contributed by atoms with E-state index in [2.05, 4.69) is 11.6 Å². The molecule has 0 fully saturated rings. The largest absolute Gasteiger partial charge is 0.490 e. The fraction of sp³-hybridized carbons (Fsp3) is 0.182. The molecule has 1 aliphatic heterocycles. The van der Waals surface area contributed by atoms with Crippen LogP contribution in [0.1, 0.15) is 23.6 Å². The Morgan fingerprint density at radius 3 is 2.59 bits per heavy atom. The molecule has 0 spiro atoms. The second-order valence-corrected chi connectivity index (χ2v) is 5.94. The van der Waals surface area contributed by atoms with Gasteiger partial charge in [-0.1, -0.05) is 36.4 Å². The molecule has 0 saturated carbocycles. The van der Waals surface area contributed by atoms with Crippen molar-refractivity contribution in [1.29, 1.82) is 0 Å².